The number of alkyl halides is 3. The lowest BCUT2D eigenvalue weighted by Gasteiger charge is -2.35. The lowest BCUT2D eigenvalue weighted by atomic mass is 10.0. The van der Waals surface area contributed by atoms with E-state index in [1.165, 1.54) is 12.1 Å². The van der Waals surface area contributed by atoms with Gasteiger partial charge in [0.2, 0.25) is 5.91 Å². The van der Waals surface area contributed by atoms with Crippen molar-refractivity contribution in [3.63, 3.8) is 0 Å². The van der Waals surface area contributed by atoms with Crippen LogP contribution in [0.25, 0.3) is 0 Å². The van der Waals surface area contributed by atoms with Crippen LogP contribution in [0.5, 0.6) is 0 Å². The van der Waals surface area contributed by atoms with Crippen LogP contribution >= 0.6 is 0 Å². The Morgan fingerprint density at radius 3 is 2.46 bits per heavy atom. The first-order valence-electron chi connectivity index (χ1n) is 8.83. The van der Waals surface area contributed by atoms with Gasteiger partial charge in [-0.15, -0.1) is 0 Å². The number of benzene rings is 1. The number of carbonyl (C=O) groups excluding carboxylic acids is 1. The van der Waals surface area contributed by atoms with Crippen LogP contribution in [0, 0.1) is 0 Å². The summed E-state index contributed by atoms with van der Waals surface area (Å²) in [5.74, 6) is -0.160. The van der Waals surface area contributed by atoms with Gasteiger partial charge in [-0.1, -0.05) is 12.1 Å². The van der Waals surface area contributed by atoms with Crippen LogP contribution < -0.4 is 5.32 Å². The van der Waals surface area contributed by atoms with Crippen molar-refractivity contribution in [1.82, 2.24) is 10.2 Å². The Balaban J connectivity index is 1.71. The van der Waals surface area contributed by atoms with Crippen LogP contribution in [0.15, 0.2) is 24.3 Å². The first kappa shape index (κ1) is 19.1. The zero-order chi connectivity index (χ0) is 18.6. The number of morpholine rings is 1. The van der Waals surface area contributed by atoms with Crippen LogP contribution in [0.1, 0.15) is 30.0 Å². The molecule has 0 radical (unpaired) electrons. The maximum atomic E-state index is 12.8. The van der Waals surface area contributed by atoms with E-state index in [0.29, 0.717) is 45.9 Å². The third-order valence-corrected chi connectivity index (χ3v) is 4.80. The molecule has 0 aliphatic carbocycles. The minimum atomic E-state index is -4.36. The van der Waals surface area contributed by atoms with Gasteiger partial charge >= 0.3 is 6.18 Å². The van der Waals surface area contributed by atoms with Gasteiger partial charge in [0, 0.05) is 26.2 Å². The van der Waals surface area contributed by atoms with Gasteiger partial charge in [0.1, 0.15) is 6.10 Å². The number of ether oxygens (including phenoxy) is 2. The fraction of sp³-hybridized carbons (Fsp3) is 0.611. The SMILES string of the molecule is O=C(NC[C@H](c1ccc(C(F)(F)F)cc1)N1CCOCC1)[C@@H]1CCCO1. The summed E-state index contributed by atoms with van der Waals surface area (Å²) >= 11 is 0. The van der Waals surface area contributed by atoms with E-state index in [-0.39, 0.29) is 11.9 Å². The van der Waals surface area contributed by atoms with Crippen molar-refractivity contribution >= 4 is 5.91 Å². The number of rotatable bonds is 5. The largest absolute Gasteiger partial charge is 0.416 e. The summed E-state index contributed by atoms with van der Waals surface area (Å²) < 4.78 is 49.2. The highest BCUT2D eigenvalue weighted by Crippen LogP contribution is 2.31. The third-order valence-electron chi connectivity index (χ3n) is 4.80. The number of carbonyl (C=O) groups is 1. The van der Waals surface area contributed by atoms with Crippen LogP contribution in [0.4, 0.5) is 13.2 Å². The molecular formula is C18H23F3N2O3. The Kier molecular flexibility index (Phi) is 6.16. The predicted molar refractivity (Wildman–Crippen MR) is 88.6 cm³/mol. The summed E-state index contributed by atoms with van der Waals surface area (Å²) in [5.41, 5.74) is 0.0675. The summed E-state index contributed by atoms with van der Waals surface area (Å²) in [4.78, 5) is 14.3. The van der Waals surface area contributed by atoms with Crippen LogP contribution in [0.3, 0.4) is 0 Å². The topological polar surface area (TPSA) is 50.8 Å². The van der Waals surface area contributed by atoms with Gasteiger partial charge in [-0.2, -0.15) is 13.2 Å². The summed E-state index contributed by atoms with van der Waals surface area (Å²) in [6.07, 6.45) is -3.22. The number of nitrogens with zero attached hydrogens (tertiary/aromatic N) is 1. The van der Waals surface area contributed by atoms with Crippen LogP contribution in [-0.4, -0.2) is 56.4 Å². The number of hydrogen-bond donors (Lipinski definition) is 1. The molecule has 0 saturated carbocycles. The van der Waals surface area contributed by atoms with E-state index < -0.39 is 17.8 Å². The number of halogens is 3. The number of amides is 1. The van der Waals surface area contributed by atoms with Gasteiger partial charge in [-0.25, -0.2) is 0 Å². The Labute approximate surface area is 150 Å². The van der Waals surface area contributed by atoms with Gasteiger partial charge in [0.25, 0.3) is 0 Å². The van der Waals surface area contributed by atoms with E-state index in [2.05, 4.69) is 10.2 Å². The summed E-state index contributed by atoms with van der Waals surface area (Å²) in [7, 11) is 0. The molecule has 5 nitrogen and oxygen atoms in total. The summed E-state index contributed by atoms with van der Waals surface area (Å²) in [5, 5.41) is 2.90. The summed E-state index contributed by atoms with van der Waals surface area (Å²) in [6, 6.07) is 4.95. The average Bonchev–Trinajstić information content (AvgIpc) is 3.17. The molecule has 1 aromatic rings. The molecular weight excluding hydrogens is 349 g/mol. The molecule has 2 fully saturated rings. The Hall–Kier alpha value is -1.64. The standard InChI is InChI=1S/C18H23F3N2O3/c19-18(20,21)14-5-3-13(4-6-14)15(23-7-10-25-11-8-23)12-22-17(24)16-2-1-9-26-16/h3-6,15-16H,1-2,7-12H2,(H,22,24)/t15-,16+/m1/s1. The van der Waals surface area contributed by atoms with Crippen LogP contribution in [0.2, 0.25) is 0 Å². The third kappa shape index (κ3) is 4.75. The first-order valence-corrected chi connectivity index (χ1v) is 8.83. The molecule has 2 heterocycles. The van der Waals surface area contributed by atoms with Crippen LogP contribution in [-0.2, 0) is 20.4 Å². The molecule has 0 unspecified atom stereocenters. The number of nitrogens with one attached hydrogen (secondary N) is 1. The second-order valence-electron chi connectivity index (χ2n) is 6.53. The second kappa shape index (κ2) is 8.37. The highest BCUT2D eigenvalue weighted by Gasteiger charge is 2.31. The van der Waals surface area contributed by atoms with Crippen molar-refractivity contribution in [2.24, 2.45) is 0 Å². The lowest BCUT2D eigenvalue weighted by molar-refractivity contribution is -0.137. The minimum absolute atomic E-state index is 0.160. The molecule has 1 aromatic carbocycles. The van der Waals surface area contributed by atoms with Crippen molar-refractivity contribution in [1.29, 1.82) is 0 Å². The molecule has 1 N–H and O–H groups in total. The van der Waals surface area contributed by atoms with Gasteiger partial charge in [-0.05, 0) is 30.5 Å². The van der Waals surface area contributed by atoms with E-state index in [4.69, 9.17) is 9.47 Å². The van der Waals surface area contributed by atoms with E-state index in [0.717, 1.165) is 24.1 Å². The van der Waals surface area contributed by atoms with E-state index in [1.54, 1.807) is 0 Å². The van der Waals surface area contributed by atoms with Crippen molar-refractivity contribution < 1.29 is 27.4 Å². The molecule has 144 valence electrons. The highest BCUT2D eigenvalue weighted by atomic mass is 19.4. The fourth-order valence-corrected chi connectivity index (χ4v) is 3.34. The van der Waals surface area contributed by atoms with Gasteiger partial charge in [0.05, 0.1) is 24.8 Å². The molecule has 0 spiro atoms. The van der Waals surface area contributed by atoms with Gasteiger partial charge in [-0.3, -0.25) is 9.69 Å². The normalized spacial score (nSPS) is 23.0. The van der Waals surface area contributed by atoms with Crippen molar-refractivity contribution in [2.45, 2.75) is 31.2 Å². The van der Waals surface area contributed by atoms with E-state index in [1.807, 2.05) is 0 Å². The fourth-order valence-electron chi connectivity index (χ4n) is 3.34. The van der Waals surface area contributed by atoms with E-state index in [9.17, 15) is 18.0 Å². The molecule has 0 aromatic heterocycles. The Morgan fingerprint density at radius 1 is 1.19 bits per heavy atom. The smallest absolute Gasteiger partial charge is 0.379 e. The predicted octanol–water partition coefficient (Wildman–Crippen LogP) is 2.37. The average molecular weight is 372 g/mol. The number of hydrogen-bond acceptors (Lipinski definition) is 4. The maximum Gasteiger partial charge on any atom is 0.416 e. The second-order valence-corrected chi connectivity index (χ2v) is 6.53. The molecule has 3 rings (SSSR count). The van der Waals surface area contributed by atoms with Crippen molar-refractivity contribution in [2.75, 3.05) is 39.5 Å². The molecule has 0 bridgehead atoms. The van der Waals surface area contributed by atoms with Gasteiger partial charge in [0.15, 0.2) is 0 Å². The minimum Gasteiger partial charge on any atom is -0.379 e. The monoisotopic (exact) mass is 372 g/mol. The molecule has 2 saturated heterocycles. The molecule has 1 amide bonds. The zero-order valence-corrected chi connectivity index (χ0v) is 14.4. The highest BCUT2D eigenvalue weighted by molar-refractivity contribution is 5.81. The molecule has 2 aliphatic rings. The summed E-state index contributed by atoms with van der Waals surface area (Å²) in [6.45, 7) is 3.38. The van der Waals surface area contributed by atoms with Crippen molar-refractivity contribution in [3.8, 4) is 0 Å². The zero-order valence-electron chi connectivity index (χ0n) is 14.4. The first-order chi connectivity index (χ1) is 12.4. The van der Waals surface area contributed by atoms with Crippen molar-refractivity contribution in [3.05, 3.63) is 35.4 Å². The maximum absolute atomic E-state index is 12.8. The molecule has 8 heteroatoms. The molecule has 2 aliphatic heterocycles. The molecule has 2 atom stereocenters. The lowest BCUT2D eigenvalue weighted by Crippen LogP contribution is -2.45. The van der Waals surface area contributed by atoms with Gasteiger partial charge < -0.3 is 14.8 Å². The Morgan fingerprint density at radius 2 is 1.88 bits per heavy atom. The molecule has 26 heavy (non-hydrogen) atoms. The quantitative estimate of drug-likeness (QED) is 0.862. The van der Waals surface area contributed by atoms with E-state index >= 15 is 0 Å². The Bertz CT molecular complexity index is 595.